The van der Waals surface area contributed by atoms with Gasteiger partial charge < -0.3 is 10.6 Å². The van der Waals surface area contributed by atoms with Crippen LogP contribution >= 0.6 is 0 Å². The third-order valence-corrected chi connectivity index (χ3v) is 7.83. The highest BCUT2D eigenvalue weighted by Gasteiger charge is 2.41. The van der Waals surface area contributed by atoms with Gasteiger partial charge in [0.25, 0.3) is 5.91 Å². The first-order chi connectivity index (χ1) is 14.2. The molecular weight excluding hydrogens is 379 g/mol. The summed E-state index contributed by atoms with van der Waals surface area (Å²) in [6.07, 6.45) is 3.49. The smallest absolute Gasteiger partial charge is 0.267 e. The SMILES string of the molecule is C=C(CC(C)C(C)(CC)CC)CN1CC2CN(c3ccc(C(N)=O)nc3F)CC2C1. The Morgan fingerprint density at radius 1 is 1.27 bits per heavy atom. The quantitative estimate of drug-likeness (QED) is 0.486. The molecule has 0 bridgehead atoms. The van der Waals surface area contributed by atoms with Gasteiger partial charge in [-0.05, 0) is 41.7 Å². The average molecular weight is 417 g/mol. The van der Waals surface area contributed by atoms with Gasteiger partial charge in [0.1, 0.15) is 5.69 Å². The summed E-state index contributed by atoms with van der Waals surface area (Å²) in [4.78, 5) is 19.5. The third-order valence-electron chi connectivity index (χ3n) is 7.83. The molecule has 2 N–H and O–H groups in total. The zero-order chi connectivity index (χ0) is 22.1. The lowest BCUT2D eigenvalue weighted by atomic mass is 9.71. The Hall–Kier alpha value is -1.95. The Labute approximate surface area is 180 Å². The lowest BCUT2D eigenvalue weighted by Crippen LogP contribution is -2.31. The number of fused-ring (bicyclic) bond motifs is 1. The van der Waals surface area contributed by atoms with Crippen molar-refractivity contribution in [2.24, 2.45) is 28.9 Å². The number of primary amides is 1. The third kappa shape index (κ3) is 4.69. The number of pyridine rings is 1. The van der Waals surface area contributed by atoms with Crippen LogP contribution in [0.5, 0.6) is 0 Å². The molecule has 5 nitrogen and oxygen atoms in total. The molecule has 2 saturated heterocycles. The fourth-order valence-corrected chi connectivity index (χ4v) is 5.22. The van der Waals surface area contributed by atoms with Crippen molar-refractivity contribution in [3.05, 3.63) is 35.9 Å². The summed E-state index contributed by atoms with van der Waals surface area (Å²) in [5.41, 5.74) is 7.34. The molecule has 3 unspecified atom stereocenters. The number of hydrogen-bond acceptors (Lipinski definition) is 4. The number of carbonyl (C=O) groups is 1. The van der Waals surface area contributed by atoms with E-state index >= 15 is 0 Å². The molecule has 1 aromatic rings. The van der Waals surface area contributed by atoms with Crippen LogP contribution < -0.4 is 10.6 Å². The van der Waals surface area contributed by atoms with Crippen LogP contribution in [0.15, 0.2) is 24.3 Å². The minimum Gasteiger partial charge on any atom is -0.367 e. The van der Waals surface area contributed by atoms with E-state index in [1.807, 2.05) is 0 Å². The maximum atomic E-state index is 14.4. The van der Waals surface area contributed by atoms with Gasteiger partial charge in [-0.25, -0.2) is 4.98 Å². The number of nitrogens with two attached hydrogens (primary N) is 1. The summed E-state index contributed by atoms with van der Waals surface area (Å²) >= 11 is 0. The Kier molecular flexibility index (Phi) is 6.85. The second-order valence-corrected chi connectivity index (χ2v) is 9.71. The van der Waals surface area contributed by atoms with E-state index in [1.54, 1.807) is 6.07 Å². The number of amides is 1. The predicted molar refractivity (Wildman–Crippen MR) is 120 cm³/mol. The molecule has 1 aromatic heterocycles. The van der Waals surface area contributed by atoms with Gasteiger partial charge >= 0.3 is 0 Å². The molecule has 2 aliphatic rings. The summed E-state index contributed by atoms with van der Waals surface area (Å²) in [5, 5.41) is 0. The van der Waals surface area contributed by atoms with Gasteiger partial charge in [0, 0.05) is 32.7 Å². The molecule has 0 aliphatic carbocycles. The van der Waals surface area contributed by atoms with Gasteiger partial charge in [-0.15, -0.1) is 0 Å². The maximum absolute atomic E-state index is 14.4. The number of rotatable bonds is 9. The molecule has 6 heteroatoms. The fraction of sp³-hybridized carbons (Fsp3) is 0.667. The standard InChI is InChI=1S/C24H37FN4O/c1-6-24(5,7-2)17(4)10-16(3)11-28-12-18-14-29(15-19(18)13-28)21-9-8-20(23(26)30)27-22(21)25/h8-9,17-19H,3,6-7,10-15H2,1-2,4-5H3,(H2,26,30). The van der Waals surface area contributed by atoms with Crippen molar-refractivity contribution in [3.63, 3.8) is 0 Å². The molecule has 0 saturated carbocycles. The van der Waals surface area contributed by atoms with Crippen molar-refractivity contribution in [2.45, 2.75) is 47.0 Å². The number of anilines is 1. The molecule has 2 fully saturated rings. The maximum Gasteiger partial charge on any atom is 0.267 e. The Morgan fingerprint density at radius 3 is 2.37 bits per heavy atom. The molecule has 2 aliphatic heterocycles. The van der Waals surface area contributed by atoms with Crippen molar-refractivity contribution in [2.75, 3.05) is 37.6 Å². The number of nitrogens with zero attached hydrogens (tertiary/aromatic N) is 3. The van der Waals surface area contributed by atoms with E-state index in [-0.39, 0.29) is 5.69 Å². The van der Waals surface area contributed by atoms with Gasteiger partial charge in [-0.1, -0.05) is 52.7 Å². The molecule has 1 amide bonds. The summed E-state index contributed by atoms with van der Waals surface area (Å²) in [6, 6.07) is 3.13. The molecule has 0 spiro atoms. The zero-order valence-corrected chi connectivity index (χ0v) is 19.0. The van der Waals surface area contributed by atoms with Gasteiger partial charge in [0.05, 0.1) is 5.69 Å². The molecule has 3 rings (SSSR count). The van der Waals surface area contributed by atoms with E-state index in [9.17, 15) is 9.18 Å². The molecule has 0 aromatic carbocycles. The van der Waals surface area contributed by atoms with Crippen molar-refractivity contribution in [1.29, 1.82) is 0 Å². The fourth-order valence-electron chi connectivity index (χ4n) is 5.22. The van der Waals surface area contributed by atoms with Gasteiger partial charge in [-0.2, -0.15) is 4.39 Å². The second kappa shape index (κ2) is 9.04. The molecule has 3 atom stereocenters. The normalized spacial score (nSPS) is 22.9. The highest BCUT2D eigenvalue weighted by molar-refractivity contribution is 5.90. The number of aromatic nitrogens is 1. The largest absolute Gasteiger partial charge is 0.367 e. The predicted octanol–water partition coefficient (Wildman–Crippen LogP) is 4.10. The number of likely N-dealkylation sites (tertiary alicyclic amines) is 1. The number of halogens is 1. The molecule has 3 heterocycles. The van der Waals surface area contributed by atoms with Gasteiger partial charge in [0.15, 0.2) is 0 Å². The molecule has 0 radical (unpaired) electrons. The van der Waals surface area contributed by atoms with Crippen molar-refractivity contribution >= 4 is 11.6 Å². The van der Waals surface area contributed by atoms with E-state index < -0.39 is 11.9 Å². The van der Waals surface area contributed by atoms with Crippen LogP contribution in [0.4, 0.5) is 10.1 Å². The second-order valence-electron chi connectivity index (χ2n) is 9.71. The van der Waals surface area contributed by atoms with Crippen LogP contribution in [0, 0.1) is 29.1 Å². The van der Waals surface area contributed by atoms with Crippen LogP contribution in [-0.2, 0) is 0 Å². The van der Waals surface area contributed by atoms with Crippen LogP contribution in [0.3, 0.4) is 0 Å². The highest BCUT2D eigenvalue weighted by atomic mass is 19.1. The molecule has 30 heavy (non-hydrogen) atoms. The first kappa shape index (κ1) is 22.7. The highest BCUT2D eigenvalue weighted by Crippen LogP contribution is 2.39. The van der Waals surface area contributed by atoms with E-state index in [0.717, 1.165) is 39.1 Å². The van der Waals surface area contributed by atoms with Crippen LogP contribution in [0.25, 0.3) is 0 Å². The minimum absolute atomic E-state index is 0.0307. The van der Waals surface area contributed by atoms with E-state index in [2.05, 4.69) is 49.1 Å². The Morgan fingerprint density at radius 2 is 1.87 bits per heavy atom. The zero-order valence-electron chi connectivity index (χ0n) is 19.0. The lowest BCUT2D eigenvalue weighted by molar-refractivity contribution is 0.0994. The number of carbonyl (C=O) groups excluding carboxylic acids is 1. The summed E-state index contributed by atoms with van der Waals surface area (Å²) in [7, 11) is 0. The van der Waals surface area contributed by atoms with Crippen molar-refractivity contribution < 1.29 is 9.18 Å². The summed E-state index contributed by atoms with van der Waals surface area (Å²) < 4.78 is 14.4. The Balaban J connectivity index is 1.52. The molecule has 166 valence electrons. The average Bonchev–Trinajstić information content (AvgIpc) is 3.25. The van der Waals surface area contributed by atoms with Crippen LogP contribution in [-0.4, -0.2) is 48.5 Å². The summed E-state index contributed by atoms with van der Waals surface area (Å²) in [6.45, 7) is 18.4. The van der Waals surface area contributed by atoms with Crippen LogP contribution in [0.1, 0.15) is 57.4 Å². The topological polar surface area (TPSA) is 62.5 Å². The van der Waals surface area contributed by atoms with E-state index in [4.69, 9.17) is 5.73 Å². The molecular formula is C24H37FN4O. The first-order valence-electron chi connectivity index (χ1n) is 11.3. The van der Waals surface area contributed by atoms with E-state index in [1.165, 1.54) is 24.5 Å². The van der Waals surface area contributed by atoms with Gasteiger partial charge in [0.2, 0.25) is 5.95 Å². The lowest BCUT2D eigenvalue weighted by Gasteiger charge is -2.35. The van der Waals surface area contributed by atoms with Crippen molar-refractivity contribution in [3.8, 4) is 0 Å². The van der Waals surface area contributed by atoms with Crippen LogP contribution in [0.2, 0.25) is 0 Å². The minimum atomic E-state index is -0.706. The number of hydrogen-bond donors (Lipinski definition) is 1. The van der Waals surface area contributed by atoms with Gasteiger partial charge in [-0.3, -0.25) is 9.69 Å². The monoisotopic (exact) mass is 416 g/mol. The van der Waals surface area contributed by atoms with Crippen molar-refractivity contribution in [1.82, 2.24) is 9.88 Å². The van der Waals surface area contributed by atoms with E-state index in [0.29, 0.717) is 28.9 Å². The Bertz CT molecular complexity index is 777. The first-order valence-corrected chi connectivity index (χ1v) is 11.3. The summed E-state index contributed by atoms with van der Waals surface area (Å²) in [5.74, 6) is 0.378.